The standard InChI is InChI=1S/C16H17FN4O/c1-11-16(22-2)13-4-3-12(17)9-14(13)21(11)8-7-19-15-5-6-18-10-20-15/h3-6,9-10H,7-8H2,1-2H3,(H,18,19,20). The maximum Gasteiger partial charge on any atom is 0.147 e. The second kappa shape index (κ2) is 6.01. The van der Waals surface area contributed by atoms with Gasteiger partial charge in [0.1, 0.15) is 23.7 Å². The molecule has 0 saturated carbocycles. The SMILES string of the molecule is COc1c(C)n(CCNc2ccncn2)c2cc(F)ccc12. The van der Waals surface area contributed by atoms with Crippen LogP contribution in [-0.4, -0.2) is 28.2 Å². The third-order valence-electron chi connectivity index (χ3n) is 3.66. The van der Waals surface area contributed by atoms with Crippen LogP contribution in [-0.2, 0) is 6.54 Å². The van der Waals surface area contributed by atoms with Gasteiger partial charge in [0.05, 0.1) is 18.3 Å². The summed E-state index contributed by atoms with van der Waals surface area (Å²) in [6, 6.07) is 6.55. The van der Waals surface area contributed by atoms with Gasteiger partial charge >= 0.3 is 0 Å². The third kappa shape index (κ3) is 2.59. The molecule has 6 heteroatoms. The van der Waals surface area contributed by atoms with Crippen molar-refractivity contribution in [3.05, 3.63) is 48.3 Å². The van der Waals surface area contributed by atoms with E-state index in [1.807, 2.05) is 11.5 Å². The first-order valence-electron chi connectivity index (χ1n) is 7.03. The minimum Gasteiger partial charge on any atom is -0.494 e. The van der Waals surface area contributed by atoms with Gasteiger partial charge in [0.25, 0.3) is 0 Å². The number of ether oxygens (including phenoxy) is 1. The topological polar surface area (TPSA) is 52.0 Å². The zero-order valence-electron chi connectivity index (χ0n) is 12.5. The van der Waals surface area contributed by atoms with Gasteiger partial charge < -0.3 is 14.6 Å². The lowest BCUT2D eigenvalue weighted by atomic mass is 10.2. The van der Waals surface area contributed by atoms with E-state index < -0.39 is 0 Å². The van der Waals surface area contributed by atoms with Gasteiger partial charge in [-0.25, -0.2) is 14.4 Å². The van der Waals surface area contributed by atoms with E-state index in [-0.39, 0.29) is 5.82 Å². The number of nitrogens with zero attached hydrogens (tertiary/aromatic N) is 3. The van der Waals surface area contributed by atoms with Crippen molar-refractivity contribution in [1.29, 1.82) is 0 Å². The van der Waals surface area contributed by atoms with Crippen molar-refractivity contribution in [3.63, 3.8) is 0 Å². The number of anilines is 1. The molecule has 0 aliphatic rings. The number of nitrogens with one attached hydrogen (secondary N) is 1. The van der Waals surface area contributed by atoms with E-state index in [4.69, 9.17) is 4.74 Å². The number of methoxy groups -OCH3 is 1. The lowest BCUT2D eigenvalue weighted by Gasteiger charge is -2.10. The Bertz CT molecular complexity index is 786. The van der Waals surface area contributed by atoms with Crippen LogP contribution in [0.4, 0.5) is 10.2 Å². The Morgan fingerprint density at radius 3 is 2.91 bits per heavy atom. The van der Waals surface area contributed by atoms with E-state index in [2.05, 4.69) is 15.3 Å². The lowest BCUT2D eigenvalue weighted by Crippen LogP contribution is -2.12. The molecule has 2 aromatic heterocycles. The molecule has 5 nitrogen and oxygen atoms in total. The maximum absolute atomic E-state index is 13.6. The molecule has 2 heterocycles. The molecule has 3 aromatic rings. The molecule has 0 aliphatic heterocycles. The summed E-state index contributed by atoms with van der Waals surface area (Å²) in [6.45, 7) is 3.32. The van der Waals surface area contributed by atoms with Crippen LogP contribution in [0, 0.1) is 12.7 Å². The van der Waals surface area contributed by atoms with Crippen LogP contribution in [0.15, 0.2) is 36.8 Å². The van der Waals surface area contributed by atoms with Crippen LogP contribution in [0.3, 0.4) is 0 Å². The van der Waals surface area contributed by atoms with Crippen LogP contribution >= 0.6 is 0 Å². The molecule has 114 valence electrons. The van der Waals surface area contributed by atoms with Crippen LogP contribution in [0.2, 0.25) is 0 Å². The minimum atomic E-state index is -0.252. The number of aromatic nitrogens is 3. The number of rotatable bonds is 5. The van der Waals surface area contributed by atoms with E-state index in [0.717, 1.165) is 28.2 Å². The first-order chi connectivity index (χ1) is 10.7. The lowest BCUT2D eigenvalue weighted by molar-refractivity contribution is 0.414. The molecule has 0 bridgehead atoms. The molecule has 0 atom stereocenters. The highest BCUT2D eigenvalue weighted by Gasteiger charge is 2.14. The van der Waals surface area contributed by atoms with Gasteiger partial charge in [0, 0.05) is 24.7 Å². The van der Waals surface area contributed by atoms with Crippen molar-refractivity contribution < 1.29 is 9.13 Å². The highest BCUT2D eigenvalue weighted by atomic mass is 19.1. The molecule has 1 N–H and O–H groups in total. The van der Waals surface area contributed by atoms with E-state index in [9.17, 15) is 4.39 Å². The normalized spacial score (nSPS) is 10.9. The first-order valence-corrected chi connectivity index (χ1v) is 7.03. The second-order valence-corrected chi connectivity index (χ2v) is 4.95. The van der Waals surface area contributed by atoms with E-state index in [1.54, 1.807) is 25.4 Å². The predicted octanol–water partition coefficient (Wildman–Crippen LogP) is 3.00. The van der Waals surface area contributed by atoms with Crippen LogP contribution in [0.5, 0.6) is 5.75 Å². The van der Waals surface area contributed by atoms with Gasteiger partial charge in [0.15, 0.2) is 0 Å². The summed E-state index contributed by atoms with van der Waals surface area (Å²) in [5, 5.41) is 4.14. The number of fused-ring (bicyclic) bond motifs is 1. The first kappa shape index (κ1) is 14.3. The fourth-order valence-electron chi connectivity index (χ4n) is 2.66. The second-order valence-electron chi connectivity index (χ2n) is 4.95. The number of hydrogen-bond acceptors (Lipinski definition) is 4. The van der Waals surface area contributed by atoms with Crippen molar-refractivity contribution in [2.75, 3.05) is 19.0 Å². The Hall–Kier alpha value is -2.63. The Kier molecular flexibility index (Phi) is 3.91. The van der Waals surface area contributed by atoms with Gasteiger partial charge in [-0.3, -0.25) is 0 Å². The van der Waals surface area contributed by atoms with Gasteiger partial charge in [-0.1, -0.05) is 0 Å². The average molecular weight is 300 g/mol. The third-order valence-corrected chi connectivity index (χ3v) is 3.66. The van der Waals surface area contributed by atoms with Crippen molar-refractivity contribution in [3.8, 4) is 5.75 Å². The summed E-state index contributed by atoms with van der Waals surface area (Å²) >= 11 is 0. The number of halogens is 1. The quantitative estimate of drug-likeness (QED) is 0.787. The fourth-order valence-corrected chi connectivity index (χ4v) is 2.66. The van der Waals surface area contributed by atoms with Gasteiger partial charge in [0.2, 0.25) is 0 Å². The van der Waals surface area contributed by atoms with Crippen molar-refractivity contribution >= 4 is 16.7 Å². The van der Waals surface area contributed by atoms with Gasteiger partial charge in [-0.05, 0) is 31.2 Å². The summed E-state index contributed by atoms with van der Waals surface area (Å²) in [6.07, 6.45) is 3.18. The van der Waals surface area contributed by atoms with Crippen molar-refractivity contribution in [2.45, 2.75) is 13.5 Å². The molecule has 3 rings (SSSR count). The molecular weight excluding hydrogens is 283 g/mol. The number of benzene rings is 1. The Labute approximate surface area is 127 Å². The summed E-state index contributed by atoms with van der Waals surface area (Å²) in [7, 11) is 1.63. The van der Waals surface area contributed by atoms with E-state index >= 15 is 0 Å². The molecule has 0 spiro atoms. The predicted molar refractivity (Wildman–Crippen MR) is 83.7 cm³/mol. The molecule has 0 amide bonds. The molecular formula is C16H17FN4O. The average Bonchev–Trinajstić information content (AvgIpc) is 2.79. The number of hydrogen-bond donors (Lipinski definition) is 1. The Balaban J connectivity index is 1.86. The van der Waals surface area contributed by atoms with E-state index in [1.165, 1.54) is 18.5 Å². The van der Waals surface area contributed by atoms with Crippen LogP contribution < -0.4 is 10.1 Å². The Morgan fingerprint density at radius 1 is 1.32 bits per heavy atom. The van der Waals surface area contributed by atoms with Crippen LogP contribution in [0.1, 0.15) is 5.69 Å². The summed E-state index contributed by atoms with van der Waals surface area (Å²) in [4.78, 5) is 7.99. The van der Waals surface area contributed by atoms with Gasteiger partial charge in [-0.2, -0.15) is 0 Å². The van der Waals surface area contributed by atoms with Crippen molar-refractivity contribution in [1.82, 2.24) is 14.5 Å². The van der Waals surface area contributed by atoms with Crippen LogP contribution in [0.25, 0.3) is 10.9 Å². The van der Waals surface area contributed by atoms with E-state index in [0.29, 0.717) is 13.1 Å². The molecule has 0 radical (unpaired) electrons. The maximum atomic E-state index is 13.6. The molecule has 1 aromatic carbocycles. The van der Waals surface area contributed by atoms with Crippen molar-refractivity contribution in [2.24, 2.45) is 0 Å². The molecule has 0 aliphatic carbocycles. The summed E-state index contributed by atoms with van der Waals surface area (Å²) < 4.78 is 21.1. The van der Waals surface area contributed by atoms with Gasteiger partial charge in [-0.15, -0.1) is 0 Å². The zero-order chi connectivity index (χ0) is 15.5. The highest BCUT2D eigenvalue weighted by Crippen LogP contribution is 2.32. The summed E-state index contributed by atoms with van der Waals surface area (Å²) in [5.74, 6) is 1.30. The minimum absolute atomic E-state index is 0.252. The summed E-state index contributed by atoms with van der Waals surface area (Å²) in [5.41, 5.74) is 1.81. The largest absolute Gasteiger partial charge is 0.494 e. The highest BCUT2D eigenvalue weighted by molar-refractivity contribution is 5.88. The molecule has 0 fully saturated rings. The molecule has 0 unspecified atom stereocenters. The fraction of sp³-hybridized carbons (Fsp3) is 0.250. The smallest absolute Gasteiger partial charge is 0.147 e. The molecule has 22 heavy (non-hydrogen) atoms. The zero-order valence-corrected chi connectivity index (χ0v) is 12.5. The Morgan fingerprint density at radius 2 is 2.18 bits per heavy atom. The molecule has 0 saturated heterocycles. The monoisotopic (exact) mass is 300 g/mol.